The molecule has 2 aromatic carbocycles. The maximum Gasteiger partial charge on any atom is 0.230 e. The summed E-state index contributed by atoms with van der Waals surface area (Å²) in [7, 11) is 0. The van der Waals surface area contributed by atoms with Crippen LogP contribution in [-0.4, -0.2) is 24.0 Å². The van der Waals surface area contributed by atoms with E-state index in [0.717, 1.165) is 17.1 Å². The number of thioether (sulfide) groups is 1. The van der Waals surface area contributed by atoms with E-state index in [1.165, 1.54) is 0 Å². The van der Waals surface area contributed by atoms with Gasteiger partial charge in [-0.3, -0.25) is 4.79 Å². The average molecular weight is 301 g/mol. The fourth-order valence-corrected chi connectivity index (χ4v) is 2.38. The first-order valence-corrected chi connectivity index (χ1v) is 8.06. The van der Waals surface area contributed by atoms with Gasteiger partial charge in [0.15, 0.2) is 0 Å². The number of amides is 1. The SMILES string of the molecule is O=C(CSCCOc1ccccc1)NCc1ccccc1. The Morgan fingerprint density at radius 1 is 1.00 bits per heavy atom. The number of rotatable bonds is 8. The van der Waals surface area contributed by atoms with Crippen LogP contribution in [0.2, 0.25) is 0 Å². The molecule has 0 heterocycles. The Bertz CT molecular complexity index is 531. The van der Waals surface area contributed by atoms with E-state index in [1.54, 1.807) is 11.8 Å². The maximum absolute atomic E-state index is 11.7. The molecule has 0 bridgehead atoms. The summed E-state index contributed by atoms with van der Waals surface area (Å²) < 4.78 is 5.56. The number of carbonyl (C=O) groups excluding carboxylic acids is 1. The van der Waals surface area contributed by atoms with Gasteiger partial charge in [0.2, 0.25) is 5.91 Å². The van der Waals surface area contributed by atoms with Crippen molar-refractivity contribution in [3.05, 3.63) is 66.2 Å². The molecular weight excluding hydrogens is 282 g/mol. The van der Waals surface area contributed by atoms with Crippen molar-refractivity contribution >= 4 is 17.7 Å². The van der Waals surface area contributed by atoms with Crippen molar-refractivity contribution in [1.82, 2.24) is 5.32 Å². The third-order valence-corrected chi connectivity index (χ3v) is 3.73. The van der Waals surface area contributed by atoms with E-state index in [2.05, 4.69) is 5.32 Å². The first-order valence-electron chi connectivity index (χ1n) is 6.91. The Morgan fingerprint density at radius 3 is 2.38 bits per heavy atom. The van der Waals surface area contributed by atoms with Gasteiger partial charge < -0.3 is 10.1 Å². The van der Waals surface area contributed by atoms with Gasteiger partial charge >= 0.3 is 0 Å². The molecule has 3 nitrogen and oxygen atoms in total. The highest BCUT2D eigenvalue weighted by Crippen LogP contribution is 2.09. The number of benzene rings is 2. The summed E-state index contributed by atoms with van der Waals surface area (Å²) >= 11 is 1.58. The predicted octanol–water partition coefficient (Wildman–Crippen LogP) is 3.12. The third-order valence-electron chi connectivity index (χ3n) is 2.81. The van der Waals surface area contributed by atoms with Gasteiger partial charge in [-0.2, -0.15) is 0 Å². The predicted molar refractivity (Wildman–Crippen MR) is 87.6 cm³/mol. The third kappa shape index (κ3) is 6.36. The number of carbonyl (C=O) groups is 1. The summed E-state index contributed by atoms with van der Waals surface area (Å²) in [5.74, 6) is 2.19. The van der Waals surface area contributed by atoms with E-state index in [-0.39, 0.29) is 5.91 Å². The summed E-state index contributed by atoms with van der Waals surface area (Å²) in [5.41, 5.74) is 1.11. The lowest BCUT2D eigenvalue weighted by atomic mass is 10.2. The molecule has 0 saturated carbocycles. The number of ether oxygens (including phenoxy) is 1. The Morgan fingerprint density at radius 2 is 1.67 bits per heavy atom. The zero-order valence-electron chi connectivity index (χ0n) is 11.8. The molecule has 2 rings (SSSR count). The molecule has 21 heavy (non-hydrogen) atoms. The van der Waals surface area contributed by atoms with Gasteiger partial charge in [-0.1, -0.05) is 48.5 Å². The van der Waals surface area contributed by atoms with Crippen molar-refractivity contribution in [2.75, 3.05) is 18.1 Å². The van der Waals surface area contributed by atoms with E-state index in [1.807, 2.05) is 60.7 Å². The molecule has 0 spiro atoms. The van der Waals surface area contributed by atoms with Crippen LogP contribution in [0.5, 0.6) is 5.75 Å². The lowest BCUT2D eigenvalue weighted by Crippen LogP contribution is -2.24. The van der Waals surface area contributed by atoms with Crippen LogP contribution < -0.4 is 10.1 Å². The van der Waals surface area contributed by atoms with Crippen molar-refractivity contribution in [3.8, 4) is 5.75 Å². The second kappa shape index (κ2) is 9.08. The molecule has 4 heteroatoms. The van der Waals surface area contributed by atoms with E-state index in [9.17, 15) is 4.79 Å². The van der Waals surface area contributed by atoms with Crippen molar-refractivity contribution in [2.24, 2.45) is 0 Å². The molecule has 0 aliphatic heterocycles. The van der Waals surface area contributed by atoms with E-state index in [4.69, 9.17) is 4.74 Å². The first kappa shape index (κ1) is 15.4. The molecule has 0 saturated heterocycles. The molecule has 0 aliphatic rings. The number of hydrogen-bond donors (Lipinski definition) is 1. The second-order valence-corrected chi connectivity index (χ2v) is 5.58. The molecule has 1 N–H and O–H groups in total. The summed E-state index contributed by atoms with van der Waals surface area (Å²) in [4.78, 5) is 11.7. The molecule has 0 aliphatic carbocycles. The first-order chi connectivity index (χ1) is 10.3. The van der Waals surface area contributed by atoms with Gasteiger partial charge in [-0.05, 0) is 17.7 Å². The average Bonchev–Trinajstić information content (AvgIpc) is 2.54. The molecule has 0 radical (unpaired) electrons. The monoisotopic (exact) mass is 301 g/mol. The highest BCUT2D eigenvalue weighted by molar-refractivity contribution is 7.99. The van der Waals surface area contributed by atoms with E-state index in [0.29, 0.717) is 18.9 Å². The molecule has 110 valence electrons. The van der Waals surface area contributed by atoms with Gasteiger partial charge in [-0.15, -0.1) is 11.8 Å². The molecule has 0 unspecified atom stereocenters. The lowest BCUT2D eigenvalue weighted by molar-refractivity contribution is -0.118. The quantitative estimate of drug-likeness (QED) is 0.761. The Balaban J connectivity index is 1.53. The van der Waals surface area contributed by atoms with Gasteiger partial charge in [0.25, 0.3) is 0 Å². The van der Waals surface area contributed by atoms with Crippen LogP contribution in [0.4, 0.5) is 0 Å². The van der Waals surface area contributed by atoms with Crippen LogP contribution in [0.25, 0.3) is 0 Å². The topological polar surface area (TPSA) is 38.3 Å². The normalized spacial score (nSPS) is 10.1. The fourth-order valence-electron chi connectivity index (χ4n) is 1.75. The summed E-state index contributed by atoms with van der Waals surface area (Å²) in [5, 5.41) is 2.91. The largest absolute Gasteiger partial charge is 0.493 e. The Hall–Kier alpha value is -1.94. The summed E-state index contributed by atoms with van der Waals surface area (Å²) in [6, 6.07) is 19.6. The molecule has 0 fully saturated rings. The van der Waals surface area contributed by atoms with E-state index >= 15 is 0 Å². The standard InChI is InChI=1S/C17H19NO2S/c19-17(18-13-15-7-3-1-4-8-15)14-21-12-11-20-16-9-5-2-6-10-16/h1-10H,11-14H2,(H,18,19). The molecule has 2 aromatic rings. The highest BCUT2D eigenvalue weighted by Gasteiger charge is 2.01. The van der Waals surface area contributed by atoms with Gasteiger partial charge in [-0.25, -0.2) is 0 Å². The summed E-state index contributed by atoms with van der Waals surface area (Å²) in [6.45, 7) is 1.20. The lowest BCUT2D eigenvalue weighted by Gasteiger charge is -2.07. The number of para-hydroxylation sites is 1. The van der Waals surface area contributed by atoms with Crippen LogP contribution in [0, 0.1) is 0 Å². The minimum atomic E-state index is 0.0589. The number of nitrogens with one attached hydrogen (secondary N) is 1. The van der Waals surface area contributed by atoms with Crippen LogP contribution in [0.15, 0.2) is 60.7 Å². The van der Waals surface area contributed by atoms with Crippen molar-refractivity contribution in [3.63, 3.8) is 0 Å². The molecular formula is C17H19NO2S. The van der Waals surface area contributed by atoms with Crippen LogP contribution >= 0.6 is 11.8 Å². The van der Waals surface area contributed by atoms with Gasteiger partial charge in [0.1, 0.15) is 5.75 Å². The van der Waals surface area contributed by atoms with Crippen molar-refractivity contribution in [1.29, 1.82) is 0 Å². The minimum Gasteiger partial charge on any atom is -0.493 e. The van der Waals surface area contributed by atoms with Crippen molar-refractivity contribution < 1.29 is 9.53 Å². The highest BCUT2D eigenvalue weighted by atomic mass is 32.2. The van der Waals surface area contributed by atoms with Crippen LogP contribution in [0.3, 0.4) is 0 Å². The van der Waals surface area contributed by atoms with Crippen LogP contribution in [0.1, 0.15) is 5.56 Å². The Labute approximate surface area is 129 Å². The summed E-state index contributed by atoms with van der Waals surface area (Å²) in [6.07, 6.45) is 0. The Kier molecular flexibility index (Phi) is 6.68. The van der Waals surface area contributed by atoms with Gasteiger partial charge in [0.05, 0.1) is 12.4 Å². The molecule has 1 amide bonds. The molecule has 0 aromatic heterocycles. The maximum atomic E-state index is 11.7. The zero-order valence-corrected chi connectivity index (χ0v) is 12.6. The van der Waals surface area contributed by atoms with Crippen molar-refractivity contribution in [2.45, 2.75) is 6.54 Å². The molecule has 0 atom stereocenters. The van der Waals surface area contributed by atoms with Gasteiger partial charge in [0, 0.05) is 12.3 Å². The van der Waals surface area contributed by atoms with Crippen LogP contribution in [-0.2, 0) is 11.3 Å². The minimum absolute atomic E-state index is 0.0589. The number of hydrogen-bond acceptors (Lipinski definition) is 3. The fraction of sp³-hybridized carbons (Fsp3) is 0.235. The second-order valence-electron chi connectivity index (χ2n) is 4.48. The van der Waals surface area contributed by atoms with E-state index < -0.39 is 0 Å². The zero-order chi connectivity index (χ0) is 14.8. The smallest absolute Gasteiger partial charge is 0.230 e.